The summed E-state index contributed by atoms with van der Waals surface area (Å²) in [5.74, 6) is -1.48. The second kappa shape index (κ2) is 6.89. The molecule has 2 unspecified atom stereocenters. The fourth-order valence-corrected chi connectivity index (χ4v) is 2.30. The van der Waals surface area contributed by atoms with Crippen LogP contribution in [0.25, 0.3) is 0 Å². The van der Waals surface area contributed by atoms with E-state index in [2.05, 4.69) is 5.32 Å². The first-order valence-electron chi connectivity index (χ1n) is 7.04. The molecule has 1 amide bonds. The van der Waals surface area contributed by atoms with E-state index in [0.717, 1.165) is 25.7 Å². The molecule has 0 aromatic heterocycles. The quantitative estimate of drug-likeness (QED) is 0.660. The molecule has 0 spiro atoms. The minimum atomic E-state index is -0.884. The topological polar surface area (TPSA) is 75.6 Å². The van der Waals surface area contributed by atoms with E-state index in [-0.39, 0.29) is 17.4 Å². The van der Waals surface area contributed by atoms with Gasteiger partial charge < -0.3 is 15.2 Å². The van der Waals surface area contributed by atoms with E-state index in [1.54, 1.807) is 13.8 Å². The van der Waals surface area contributed by atoms with Gasteiger partial charge in [0.15, 0.2) is 0 Å². The van der Waals surface area contributed by atoms with Gasteiger partial charge >= 0.3 is 5.97 Å². The zero-order chi connectivity index (χ0) is 14.5. The highest BCUT2D eigenvalue weighted by molar-refractivity contribution is 5.84. The number of hydrogen-bond acceptors (Lipinski definition) is 3. The van der Waals surface area contributed by atoms with Gasteiger partial charge in [-0.15, -0.1) is 0 Å². The van der Waals surface area contributed by atoms with Crippen molar-refractivity contribution < 1.29 is 19.4 Å². The van der Waals surface area contributed by atoms with Crippen molar-refractivity contribution in [2.45, 2.75) is 52.5 Å². The summed E-state index contributed by atoms with van der Waals surface area (Å²) in [4.78, 5) is 23.2. The lowest BCUT2D eigenvalue weighted by molar-refractivity contribution is -0.143. The van der Waals surface area contributed by atoms with Crippen molar-refractivity contribution in [2.75, 3.05) is 13.2 Å². The summed E-state index contributed by atoms with van der Waals surface area (Å²) in [6.07, 6.45) is 3.53. The number of nitrogens with one attached hydrogen (secondary N) is 1. The van der Waals surface area contributed by atoms with Crippen molar-refractivity contribution >= 4 is 11.9 Å². The third-order valence-electron chi connectivity index (χ3n) is 4.22. The van der Waals surface area contributed by atoms with Gasteiger partial charge in [0.2, 0.25) is 5.91 Å². The van der Waals surface area contributed by atoms with Crippen molar-refractivity contribution in [1.29, 1.82) is 0 Å². The van der Waals surface area contributed by atoms with Crippen LogP contribution in [0.2, 0.25) is 0 Å². The molecule has 2 atom stereocenters. The van der Waals surface area contributed by atoms with Gasteiger partial charge in [-0.25, -0.2) is 0 Å². The number of carbonyl (C=O) groups excluding carboxylic acids is 1. The van der Waals surface area contributed by atoms with Crippen LogP contribution in [0, 0.1) is 11.3 Å². The van der Waals surface area contributed by atoms with Crippen molar-refractivity contribution in [2.24, 2.45) is 11.3 Å². The smallest absolute Gasteiger partial charge is 0.308 e. The maximum Gasteiger partial charge on any atom is 0.308 e. The summed E-state index contributed by atoms with van der Waals surface area (Å²) in [6, 6.07) is -0.352. The fourth-order valence-electron chi connectivity index (χ4n) is 2.30. The third kappa shape index (κ3) is 3.93. The Morgan fingerprint density at radius 1 is 1.37 bits per heavy atom. The summed E-state index contributed by atoms with van der Waals surface area (Å²) >= 11 is 0. The van der Waals surface area contributed by atoms with Crippen LogP contribution in [0.1, 0.15) is 46.5 Å². The Morgan fingerprint density at radius 3 is 2.42 bits per heavy atom. The average molecular weight is 271 g/mol. The Balaban J connectivity index is 2.52. The summed E-state index contributed by atoms with van der Waals surface area (Å²) in [5.41, 5.74) is -0.332. The highest BCUT2D eigenvalue weighted by Crippen LogP contribution is 2.44. The van der Waals surface area contributed by atoms with Crippen LogP contribution in [0.5, 0.6) is 0 Å². The van der Waals surface area contributed by atoms with E-state index < -0.39 is 11.9 Å². The number of rotatable bonds is 8. The monoisotopic (exact) mass is 271 g/mol. The number of ether oxygens (including phenoxy) is 1. The van der Waals surface area contributed by atoms with Crippen LogP contribution >= 0.6 is 0 Å². The lowest BCUT2D eigenvalue weighted by Gasteiger charge is -2.41. The summed E-state index contributed by atoms with van der Waals surface area (Å²) < 4.78 is 5.33. The van der Waals surface area contributed by atoms with Crippen LogP contribution in [-0.2, 0) is 14.3 Å². The Labute approximate surface area is 114 Å². The van der Waals surface area contributed by atoms with Crippen LogP contribution in [0.15, 0.2) is 0 Å². The zero-order valence-electron chi connectivity index (χ0n) is 12.1. The molecular formula is C14H25NO4. The van der Waals surface area contributed by atoms with Gasteiger partial charge in [0.25, 0.3) is 0 Å². The molecule has 2 N–H and O–H groups in total. The van der Waals surface area contributed by atoms with E-state index in [1.807, 2.05) is 6.92 Å². The van der Waals surface area contributed by atoms with Gasteiger partial charge in [-0.05, 0) is 40.0 Å². The maximum absolute atomic E-state index is 12.3. The molecule has 1 aliphatic carbocycles. The molecule has 1 rings (SSSR count). The Morgan fingerprint density at radius 2 is 2.00 bits per heavy atom. The molecule has 110 valence electrons. The molecule has 0 aromatic rings. The molecule has 0 aliphatic heterocycles. The number of amides is 1. The predicted octanol–water partition coefficient (Wildman–Crippen LogP) is 1.81. The van der Waals surface area contributed by atoms with E-state index in [9.17, 15) is 9.59 Å². The van der Waals surface area contributed by atoms with Gasteiger partial charge in [-0.1, -0.05) is 6.42 Å². The highest BCUT2D eigenvalue weighted by atomic mass is 16.5. The lowest BCUT2D eigenvalue weighted by Crippen LogP contribution is -2.51. The molecule has 1 saturated carbocycles. The maximum atomic E-state index is 12.3. The van der Waals surface area contributed by atoms with Crippen molar-refractivity contribution in [3.05, 3.63) is 0 Å². The van der Waals surface area contributed by atoms with Gasteiger partial charge in [0.05, 0.1) is 11.3 Å². The molecule has 0 radical (unpaired) electrons. The second-order valence-electron chi connectivity index (χ2n) is 5.47. The first-order chi connectivity index (χ1) is 8.93. The lowest BCUT2D eigenvalue weighted by atomic mass is 9.66. The molecule has 0 bridgehead atoms. The minimum absolute atomic E-state index is 0.0148. The van der Waals surface area contributed by atoms with E-state index in [4.69, 9.17) is 9.84 Å². The molecule has 0 aromatic carbocycles. The van der Waals surface area contributed by atoms with Crippen LogP contribution in [0.4, 0.5) is 0 Å². The second-order valence-corrected chi connectivity index (χ2v) is 5.47. The van der Waals surface area contributed by atoms with Crippen molar-refractivity contribution in [1.82, 2.24) is 5.32 Å². The highest BCUT2D eigenvalue weighted by Gasteiger charge is 2.44. The molecule has 1 fully saturated rings. The van der Waals surface area contributed by atoms with Crippen LogP contribution < -0.4 is 5.32 Å². The molecule has 0 heterocycles. The average Bonchev–Trinajstić information content (AvgIpc) is 2.31. The number of carbonyl (C=O) groups is 2. The first-order valence-corrected chi connectivity index (χ1v) is 7.04. The SMILES string of the molecule is CCOCCC1(C(=O)NC(C)C(C)C(=O)O)CCC1. The Hall–Kier alpha value is -1.10. The largest absolute Gasteiger partial charge is 0.481 e. The van der Waals surface area contributed by atoms with Gasteiger partial charge in [0, 0.05) is 19.3 Å². The molecule has 19 heavy (non-hydrogen) atoms. The first kappa shape index (κ1) is 16.0. The van der Waals surface area contributed by atoms with E-state index in [0.29, 0.717) is 13.2 Å². The molecule has 5 heteroatoms. The molecule has 0 saturated heterocycles. The van der Waals surface area contributed by atoms with Gasteiger partial charge in [-0.2, -0.15) is 0 Å². The van der Waals surface area contributed by atoms with Crippen molar-refractivity contribution in [3.63, 3.8) is 0 Å². The van der Waals surface area contributed by atoms with E-state index >= 15 is 0 Å². The fraction of sp³-hybridized carbons (Fsp3) is 0.857. The number of carboxylic acids is 1. The molecule has 1 aliphatic rings. The normalized spacial score (nSPS) is 20.2. The number of carboxylic acid groups (broad SMARTS) is 1. The summed E-state index contributed by atoms with van der Waals surface area (Å²) in [6.45, 7) is 6.54. The standard InChI is InChI=1S/C14H25NO4/c1-4-19-9-8-14(6-5-7-14)13(18)15-11(3)10(2)12(16)17/h10-11H,4-9H2,1-3H3,(H,15,18)(H,16,17). The Kier molecular flexibility index (Phi) is 5.79. The predicted molar refractivity (Wildman–Crippen MR) is 71.8 cm³/mol. The summed E-state index contributed by atoms with van der Waals surface area (Å²) in [7, 11) is 0. The Bertz CT molecular complexity index is 325. The zero-order valence-corrected chi connectivity index (χ0v) is 12.1. The third-order valence-corrected chi connectivity index (χ3v) is 4.22. The van der Waals surface area contributed by atoms with Crippen LogP contribution in [0.3, 0.4) is 0 Å². The minimum Gasteiger partial charge on any atom is -0.481 e. The summed E-state index contributed by atoms with van der Waals surface area (Å²) in [5, 5.41) is 11.8. The van der Waals surface area contributed by atoms with Gasteiger partial charge in [-0.3, -0.25) is 9.59 Å². The number of aliphatic carboxylic acids is 1. The van der Waals surface area contributed by atoms with Crippen LogP contribution in [-0.4, -0.2) is 36.2 Å². The van der Waals surface area contributed by atoms with E-state index in [1.165, 1.54) is 0 Å². The van der Waals surface area contributed by atoms with Crippen molar-refractivity contribution in [3.8, 4) is 0 Å². The molecule has 5 nitrogen and oxygen atoms in total. The molecular weight excluding hydrogens is 246 g/mol. The van der Waals surface area contributed by atoms with Gasteiger partial charge in [0.1, 0.15) is 0 Å². The number of hydrogen-bond donors (Lipinski definition) is 2.